The molecule has 0 bridgehead atoms. The van der Waals surface area contributed by atoms with E-state index in [0.717, 1.165) is 27.7 Å². The molecule has 2 amide bonds. The Balaban J connectivity index is 1.66. The fraction of sp³-hybridized carbons (Fsp3) is 0.304. The number of hydrogen-bond acceptors (Lipinski definition) is 3. The highest BCUT2D eigenvalue weighted by Crippen LogP contribution is 2.42. The minimum absolute atomic E-state index is 0.0263. The normalized spacial score (nSPS) is 21.1. The molecule has 6 nitrogen and oxygen atoms in total. The number of carbonyl (C=O) groups is 2. The summed E-state index contributed by atoms with van der Waals surface area (Å²) >= 11 is 6.11. The Labute approximate surface area is 179 Å². The number of piperazine rings is 1. The van der Waals surface area contributed by atoms with Crippen molar-refractivity contribution >= 4 is 34.3 Å². The molecule has 0 spiro atoms. The molecule has 3 aromatic rings. The molecule has 2 aliphatic heterocycles. The van der Waals surface area contributed by atoms with Gasteiger partial charge in [0, 0.05) is 41.7 Å². The molecule has 1 aromatic heterocycles. The molecule has 0 unspecified atom stereocenters. The molecule has 1 N–H and O–H groups in total. The van der Waals surface area contributed by atoms with Crippen molar-refractivity contribution in [3.63, 3.8) is 0 Å². The highest BCUT2D eigenvalue weighted by atomic mass is 35.5. The van der Waals surface area contributed by atoms with Gasteiger partial charge in [0.2, 0.25) is 11.8 Å². The van der Waals surface area contributed by atoms with Crippen molar-refractivity contribution in [3.8, 4) is 0 Å². The zero-order chi connectivity index (χ0) is 20.8. The van der Waals surface area contributed by atoms with Gasteiger partial charge in [0.05, 0.1) is 19.2 Å². The van der Waals surface area contributed by atoms with E-state index in [0.29, 0.717) is 24.6 Å². The van der Waals surface area contributed by atoms with Crippen LogP contribution in [0.3, 0.4) is 0 Å². The Morgan fingerprint density at radius 3 is 2.67 bits per heavy atom. The Bertz CT molecular complexity index is 1120. The number of amides is 2. The lowest BCUT2D eigenvalue weighted by molar-refractivity contribution is -0.159. The average molecular weight is 424 g/mol. The molecule has 7 heteroatoms. The summed E-state index contributed by atoms with van der Waals surface area (Å²) in [5.41, 5.74) is 4.02. The van der Waals surface area contributed by atoms with Gasteiger partial charge >= 0.3 is 0 Å². The summed E-state index contributed by atoms with van der Waals surface area (Å²) in [5.74, 6) is -0.0819. The van der Waals surface area contributed by atoms with Crippen LogP contribution in [0, 0.1) is 0 Å². The van der Waals surface area contributed by atoms with Crippen LogP contribution in [0.15, 0.2) is 48.5 Å². The lowest BCUT2D eigenvalue weighted by atomic mass is 9.86. The number of fused-ring (bicyclic) bond motifs is 4. The van der Waals surface area contributed by atoms with Gasteiger partial charge in [0.15, 0.2) is 0 Å². The molecular formula is C23H22ClN3O3. The highest BCUT2D eigenvalue weighted by molar-refractivity contribution is 6.30. The maximum absolute atomic E-state index is 13.4. The zero-order valence-corrected chi connectivity index (χ0v) is 17.4. The fourth-order valence-corrected chi connectivity index (χ4v) is 4.83. The third-order valence-corrected chi connectivity index (χ3v) is 6.35. The van der Waals surface area contributed by atoms with Crippen molar-refractivity contribution in [1.82, 2.24) is 14.8 Å². The van der Waals surface area contributed by atoms with Gasteiger partial charge < -0.3 is 19.5 Å². The summed E-state index contributed by atoms with van der Waals surface area (Å²) in [7, 11) is 1.60. The van der Waals surface area contributed by atoms with Gasteiger partial charge in [-0.05, 0) is 29.3 Å². The van der Waals surface area contributed by atoms with E-state index in [9.17, 15) is 9.59 Å². The van der Waals surface area contributed by atoms with Gasteiger partial charge in [0.25, 0.3) is 0 Å². The first-order valence-corrected chi connectivity index (χ1v) is 10.4. The second kappa shape index (κ2) is 7.45. The molecule has 0 saturated carbocycles. The number of nitrogens with one attached hydrogen (secondary N) is 1. The Morgan fingerprint density at radius 1 is 1.13 bits per heavy atom. The number of ether oxygens (including phenoxy) is 1. The molecule has 2 atom stereocenters. The summed E-state index contributed by atoms with van der Waals surface area (Å²) < 4.78 is 5.13. The highest BCUT2D eigenvalue weighted by Gasteiger charge is 2.48. The molecule has 1 saturated heterocycles. The van der Waals surface area contributed by atoms with E-state index in [1.54, 1.807) is 16.9 Å². The van der Waals surface area contributed by atoms with E-state index in [-0.39, 0.29) is 24.4 Å². The number of aromatic amines is 1. The van der Waals surface area contributed by atoms with E-state index in [2.05, 4.69) is 11.1 Å². The van der Waals surface area contributed by atoms with E-state index < -0.39 is 6.04 Å². The molecule has 0 radical (unpaired) electrons. The summed E-state index contributed by atoms with van der Waals surface area (Å²) in [6.07, 6.45) is 0.498. The lowest BCUT2D eigenvalue weighted by Gasteiger charge is -2.47. The van der Waals surface area contributed by atoms with E-state index >= 15 is 0 Å². The third-order valence-electron chi connectivity index (χ3n) is 6.09. The quantitative estimate of drug-likeness (QED) is 0.701. The predicted molar refractivity (Wildman–Crippen MR) is 114 cm³/mol. The average Bonchev–Trinajstić information content (AvgIpc) is 3.13. The fourth-order valence-electron chi connectivity index (χ4n) is 4.71. The van der Waals surface area contributed by atoms with Gasteiger partial charge in [-0.3, -0.25) is 9.59 Å². The molecule has 30 heavy (non-hydrogen) atoms. The van der Waals surface area contributed by atoms with Gasteiger partial charge in [-0.15, -0.1) is 0 Å². The first-order chi connectivity index (χ1) is 14.6. The number of para-hydroxylation sites is 1. The number of aromatic nitrogens is 1. The second-order valence-corrected chi connectivity index (χ2v) is 8.23. The first kappa shape index (κ1) is 19.2. The number of carbonyl (C=O) groups excluding carboxylic acids is 2. The monoisotopic (exact) mass is 423 g/mol. The summed E-state index contributed by atoms with van der Waals surface area (Å²) in [5, 5.41) is 1.73. The topological polar surface area (TPSA) is 65.6 Å². The van der Waals surface area contributed by atoms with Crippen LogP contribution in [-0.2, 0) is 20.7 Å². The van der Waals surface area contributed by atoms with Crippen LogP contribution in [0.2, 0.25) is 5.02 Å². The number of benzene rings is 2. The van der Waals surface area contributed by atoms with Crippen LogP contribution in [0.5, 0.6) is 0 Å². The van der Waals surface area contributed by atoms with Gasteiger partial charge in [-0.25, -0.2) is 0 Å². The second-order valence-electron chi connectivity index (χ2n) is 7.79. The molecule has 5 rings (SSSR count). The predicted octanol–water partition coefficient (Wildman–Crippen LogP) is 3.15. The summed E-state index contributed by atoms with van der Waals surface area (Å²) in [4.78, 5) is 33.5. The van der Waals surface area contributed by atoms with Crippen molar-refractivity contribution in [3.05, 3.63) is 70.4 Å². The number of nitrogens with zero attached hydrogens (tertiary/aromatic N) is 2. The van der Waals surface area contributed by atoms with Gasteiger partial charge in [-0.2, -0.15) is 0 Å². The maximum atomic E-state index is 13.4. The summed E-state index contributed by atoms with van der Waals surface area (Å²) in [6.45, 7) is 0.890. The van der Waals surface area contributed by atoms with Gasteiger partial charge in [-0.1, -0.05) is 41.9 Å². The molecule has 1 fully saturated rings. The smallest absolute Gasteiger partial charge is 0.246 e. The largest absolute Gasteiger partial charge is 0.383 e. The first-order valence-electron chi connectivity index (χ1n) is 10.0. The van der Waals surface area contributed by atoms with Crippen LogP contribution in [0.4, 0.5) is 0 Å². The van der Waals surface area contributed by atoms with Crippen molar-refractivity contribution in [1.29, 1.82) is 0 Å². The summed E-state index contributed by atoms with van der Waals surface area (Å²) in [6, 6.07) is 14.7. The van der Waals surface area contributed by atoms with Crippen LogP contribution in [-0.4, -0.2) is 59.4 Å². The zero-order valence-electron chi connectivity index (χ0n) is 16.6. The van der Waals surface area contributed by atoms with Crippen LogP contribution in [0.25, 0.3) is 10.9 Å². The van der Waals surface area contributed by atoms with Crippen LogP contribution >= 0.6 is 11.6 Å². The van der Waals surface area contributed by atoms with Crippen molar-refractivity contribution in [2.75, 3.05) is 26.8 Å². The van der Waals surface area contributed by atoms with Crippen molar-refractivity contribution in [2.24, 2.45) is 0 Å². The number of hydrogen-bond donors (Lipinski definition) is 1. The Hall–Kier alpha value is -2.83. The maximum Gasteiger partial charge on any atom is 0.246 e. The number of H-pyrrole nitrogens is 1. The van der Waals surface area contributed by atoms with E-state index in [4.69, 9.17) is 16.3 Å². The Kier molecular flexibility index (Phi) is 4.76. The molecule has 0 aliphatic carbocycles. The molecule has 2 aliphatic rings. The lowest BCUT2D eigenvalue weighted by Crippen LogP contribution is -2.63. The number of rotatable bonds is 4. The molecular weight excluding hydrogens is 402 g/mol. The van der Waals surface area contributed by atoms with Gasteiger partial charge in [0.1, 0.15) is 6.04 Å². The van der Waals surface area contributed by atoms with E-state index in [1.807, 2.05) is 42.5 Å². The SMILES string of the molecule is COCCN1CC(=O)N2[C@@H](c3ccc(Cl)cc3)c3[nH]c4ccccc4c3C[C@H]2C1=O. The van der Waals surface area contributed by atoms with Crippen molar-refractivity contribution < 1.29 is 14.3 Å². The number of halogens is 1. The van der Waals surface area contributed by atoms with Crippen LogP contribution < -0.4 is 0 Å². The molecule has 154 valence electrons. The minimum Gasteiger partial charge on any atom is -0.383 e. The van der Waals surface area contributed by atoms with Crippen molar-refractivity contribution in [2.45, 2.75) is 18.5 Å². The molecule has 3 heterocycles. The Morgan fingerprint density at radius 2 is 1.90 bits per heavy atom. The van der Waals surface area contributed by atoms with E-state index in [1.165, 1.54) is 0 Å². The molecule has 2 aromatic carbocycles. The third kappa shape index (κ3) is 2.99. The standard InChI is InChI=1S/C23H22ClN3O3/c1-30-11-10-26-13-20(28)27-19(23(26)29)12-17-16-4-2-3-5-18(16)25-21(17)22(27)14-6-8-15(24)9-7-14/h2-9,19,22,25H,10-13H2,1H3/t19-,22-/m0/s1. The van der Waals surface area contributed by atoms with Crippen LogP contribution in [0.1, 0.15) is 22.9 Å². The minimum atomic E-state index is -0.532. The number of methoxy groups -OCH3 is 1.